The second-order valence-corrected chi connectivity index (χ2v) is 17.1. The summed E-state index contributed by atoms with van der Waals surface area (Å²) in [5.41, 5.74) is 6.36. The van der Waals surface area contributed by atoms with Gasteiger partial charge in [0.15, 0.2) is 5.65 Å². The summed E-state index contributed by atoms with van der Waals surface area (Å²) < 4.78 is 40.5. The van der Waals surface area contributed by atoms with Crippen LogP contribution in [0, 0.1) is 0 Å². The number of primary amides is 1. The maximum Gasteiger partial charge on any atom is 0.387 e. The van der Waals surface area contributed by atoms with Crippen LogP contribution in [0.3, 0.4) is 0 Å². The second-order valence-electron chi connectivity index (χ2n) is 10.1. The Bertz CT molecular complexity index is 1560. The summed E-state index contributed by atoms with van der Waals surface area (Å²) in [7, 11) is -1.39. The molecule has 2 amide bonds. The van der Waals surface area contributed by atoms with E-state index in [4.69, 9.17) is 26.8 Å². The van der Waals surface area contributed by atoms with E-state index in [1.807, 2.05) is 0 Å². The largest absolute Gasteiger partial charge is 0.434 e. The Hall–Kier alpha value is -3.53. The predicted octanol–water partition coefficient (Wildman–Crippen LogP) is 4.99. The minimum absolute atomic E-state index is 0.0333. The molecule has 16 heteroatoms. The highest BCUT2D eigenvalue weighted by Crippen LogP contribution is 2.42. The van der Waals surface area contributed by atoms with E-state index in [9.17, 15) is 18.4 Å². The van der Waals surface area contributed by atoms with E-state index in [1.54, 1.807) is 12.3 Å². The number of thioether (sulfide) groups is 1. The van der Waals surface area contributed by atoms with E-state index in [-0.39, 0.29) is 45.8 Å². The number of rotatable bonds is 13. The third kappa shape index (κ3) is 7.81. The molecule has 11 nitrogen and oxygen atoms in total. The molecule has 0 bridgehead atoms. The SMILES string of the molecule is C[Si](C)(C)CCOCn1ncc(NC(=O)c2cnn3cccnc23)c1-c1cc(SCC(N)=O)c(Cl)cc1OC(F)F. The van der Waals surface area contributed by atoms with E-state index in [2.05, 4.69) is 40.1 Å². The van der Waals surface area contributed by atoms with Crippen molar-refractivity contribution in [2.24, 2.45) is 5.73 Å². The number of nitrogens with two attached hydrogens (primary N) is 1. The van der Waals surface area contributed by atoms with Gasteiger partial charge in [0.1, 0.15) is 18.0 Å². The summed E-state index contributed by atoms with van der Waals surface area (Å²) in [4.78, 5) is 29.3. The van der Waals surface area contributed by atoms with Gasteiger partial charge in [-0.25, -0.2) is 14.2 Å². The molecule has 4 aromatic rings. The molecule has 0 spiro atoms. The van der Waals surface area contributed by atoms with Crippen molar-refractivity contribution < 1.29 is 27.8 Å². The molecule has 41 heavy (non-hydrogen) atoms. The quantitative estimate of drug-likeness (QED) is 0.121. The molecule has 0 radical (unpaired) electrons. The number of fused-ring (bicyclic) bond motifs is 1. The van der Waals surface area contributed by atoms with E-state index in [0.29, 0.717) is 17.1 Å². The van der Waals surface area contributed by atoms with E-state index >= 15 is 0 Å². The molecule has 3 heterocycles. The Kier molecular flexibility index (Phi) is 9.63. The van der Waals surface area contributed by atoms with Gasteiger partial charge in [-0.05, 0) is 18.2 Å². The third-order valence-electron chi connectivity index (χ3n) is 5.70. The van der Waals surface area contributed by atoms with Gasteiger partial charge >= 0.3 is 6.61 Å². The first-order valence-electron chi connectivity index (χ1n) is 12.4. The van der Waals surface area contributed by atoms with E-state index in [1.165, 1.54) is 39.9 Å². The summed E-state index contributed by atoms with van der Waals surface area (Å²) >= 11 is 7.37. The van der Waals surface area contributed by atoms with Gasteiger partial charge in [0.05, 0.1) is 34.6 Å². The zero-order chi connectivity index (χ0) is 29.7. The molecule has 218 valence electrons. The van der Waals surface area contributed by atoms with E-state index in [0.717, 1.165) is 17.8 Å². The summed E-state index contributed by atoms with van der Waals surface area (Å²) in [6.07, 6.45) is 5.92. The zero-order valence-electron chi connectivity index (χ0n) is 22.4. The van der Waals surface area contributed by atoms with Crippen LogP contribution in [0.2, 0.25) is 30.7 Å². The van der Waals surface area contributed by atoms with Crippen molar-refractivity contribution in [1.29, 1.82) is 0 Å². The molecule has 0 atom stereocenters. The topological polar surface area (TPSA) is 139 Å². The fourth-order valence-electron chi connectivity index (χ4n) is 3.74. The van der Waals surface area contributed by atoms with Crippen LogP contribution in [0.1, 0.15) is 10.4 Å². The monoisotopic (exact) mass is 623 g/mol. The van der Waals surface area contributed by atoms with Crippen LogP contribution >= 0.6 is 23.4 Å². The summed E-state index contributed by atoms with van der Waals surface area (Å²) in [5, 5.41) is 11.4. The van der Waals surface area contributed by atoms with Gasteiger partial charge in [-0.1, -0.05) is 31.2 Å². The van der Waals surface area contributed by atoms with Crippen molar-refractivity contribution >= 4 is 54.6 Å². The Morgan fingerprint density at radius 2 is 2.00 bits per heavy atom. The lowest BCUT2D eigenvalue weighted by Crippen LogP contribution is -2.22. The van der Waals surface area contributed by atoms with Gasteiger partial charge < -0.3 is 20.5 Å². The predicted molar refractivity (Wildman–Crippen MR) is 154 cm³/mol. The molecule has 0 aliphatic rings. The second kappa shape index (κ2) is 13.0. The number of alkyl halides is 2. The molecule has 0 aliphatic heterocycles. The Morgan fingerprint density at radius 1 is 1.22 bits per heavy atom. The smallest absolute Gasteiger partial charge is 0.387 e. The standard InChI is InChI=1S/C25H28ClF2N7O4SSi/c1-41(2,3)8-7-38-14-35-22(15-9-20(40-13-21(29)36)17(26)10-19(15)39-25(27)28)18(12-32-35)33-24(37)16-11-31-34-6-4-5-30-23(16)34/h4-6,9-12,25H,7-8,13-14H2,1-3H3,(H2,29,36)(H,33,37). The number of benzene rings is 1. The number of halogens is 3. The van der Waals surface area contributed by atoms with Crippen molar-refractivity contribution in [2.75, 3.05) is 17.7 Å². The number of amides is 2. The molecule has 0 unspecified atom stereocenters. The summed E-state index contributed by atoms with van der Waals surface area (Å²) in [5.74, 6) is -1.49. The number of hydrogen-bond acceptors (Lipinski definition) is 8. The van der Waals surface area contributed by atoms with Crippen molar-refractivity contribution in [3.8, 4) is 17.0 Å². The van der Waals surface area contributed by atoms with Crippen LogP contribution in [0.15, 0.2) is 47.9 Å². The van der Waals surface area contributed by atoms with Crippen molar-refractivity contribution in [3.05, 3.63) is 53.6 Å². The first-order chi connectivity index (χ1) is 19.4. The number of carbonyl (C=O) groups is 2. The summed E-state index contributed by atoms with van der Waals surface area (Å²) in [6, 6.07) is 5.26. The van der Waals surface area contributed by atoms with Crippen molar-refractivity contribution in [3.63, 3.8) is 0 Å². The molecule has 3 N–H and O–H groups in total. The van der Waals surface area contributed by atoms with Gasteiger partial charge in [-0.15, -0.1) is 11.8 Å². The average Bonchev–Trinajstić information content (AvgIpc) is 3.49. The fraction of sp³-hybridized carbons (Fsp3) is 0.320. The number of nitrogens with zero attached hydrogens (tertiary/aromatic N) is 5. The summed E-state index contributed by atoms with van der Waals surface area (Å²) in [6.45, 7) is 3.91. The average molecular weight is 624 g/mol. The highest BCUT2D eigenvalue weighted by molar-refractivity contribution is 8.00. The first kappa shape index (κ1) is 30.4. The molecule has 0 aliphatic carbocycles. The lowest BCUT2D eigenvalue weighted by atomic mass is 10.1. The molecule has 0 saturated carbocycles. The van der Waals surface area contributed by atoms with Crippen LogP contribution in [0.25, 0.3) is 16.9 Å². The number of aromatic nitrogens is 5. The zero-order valence-corrected chi connectivity index (χ0v) is 25.0. The Balaban J connectivity index is 1.77. The number of anilines is 1. The van der Waals surface area contributed by atoms with Crippen molar-refractivity contribution in [2.45, 2.75) is 43.9 Å². The minimum Gasteiger partial charge on any atom is -0.434 e. The molecule has 1 aromatic carbocycles. The molecular formula is C25H28ClF2N7O4SSi. The first-order valence-corrected chi connectivity index (χ1v) is 17.4. The van der Waals surface area contributed by atoms with E-state index < -0.39 is 26.5 Å². The Labute approximate surface area is 244 Å². The van der Waals surface area contributed by atoms with Gasteiger partial charge in [-0.2, -0.15) is 19.0 Å². The lowest BCUT2D eigenvalue weighted by Gasteiger charge is -2.18. The molecule has 0 saturated heterocycles. The van der Waals surface area contributed by atoms with Gasteiger partial charge in [0.2, 0.25) is 5.91 Å². The lowest BCUT2D eigenvalue weighted by molar-refractivity contribution is -0.115. The maximum atomic E-state index is 13.5. The Morgan fingerprint density at radius 3 is 2.71 bits per heavy atom. The van der Waals surface area contributed by atoms with Crippen LogP contribution in [0.5, 0.6) is 5.75 Å². The third-order valence-corrected chi connectivity index (χ3v) is 8.90. The molecule has 0 fully saturated rings. The van der Waals surface area contributed by atoms with Crippen molar-refractivity contribution in [1.82, 2.24) is 24.4 Å². The van der Waals surface area contributed by atoms with Crippen LogP contribution in [0.4, 0.5) is 14.5 Å². The number of hydrogen-bond donors (Lipinski definition) is 2. The molecule has 4 rings (SSSR count). The maximum absolute atomic E-state index is 13.5. The van der Waals surface area contributed by atoms with Crippen LogP contribution < -0.4 is 15.8 Å². The fourth-order valence-corrected chi connectivity index (χ4v) is 5.51. The minimum atomic E-state index is -3.17. The molecule has 3 aromatic heterocycles. The van der Waals surface area contributed by atoms with Gasteiger partial charge in [-0.3, -0.25) is 9.59 Å². The van der Waals surface area contributed by atoms with Crippen LogP contribution in [-0.2, 0) is 16.3 Å². The number of nitrogens with one attached hydrogen (secondary N) is 1. The van der Waals surface area contributed by atoms with Crippen LogP contribution in [-0.4, -0.2) is 63.2 Å². The normalized spacial score (nSPS) is 11.8. The number of ether oxygens (including phenoxy) is 2. The highest BCUT2D eigenvalue weighted by Gasteiger charge is 2.25. The highest BCUT2D eigenvalue weighted by atomic mass is 35.5. The molecular weight excluding hydrogens is 596 g/mol. The van der Waals surface area contributed by atoms with Gasteiger partial charge in [0, 0.05) is 43.6 Å². The number of carbonyl (C=O) groups excluding carboxylic acids is 2. The van der Waals surface area contributed by atoms with Gasteiger partial charge in [0.25, 0.3) is 5.91 Å².